The Morgan fingerprint density at radius 1 is 0.950 bits per heavy atom. The summed E-state index contributed by atoms with van der Waals surface area (Å²) in [6.45, 7) is 4.16. The molecule has 0 saturated carbocycles. The van der Waals surface area contributed by atoms with E-state index >= 15 is 0 Å². The number of hydrogen-bond acceptors (Lipinski definition) is 3. The van der Waals surface area contributed by atoms with E-state index in [0.29, 0.717) is 0 Å². The predicted molar refractivity (Wildman–Crippen MR) is 82.8 cm³/mol. The number of benzene rings is 2. The Morgan fingerprint density at radius 3 is 2.35 bits per heavy atom. The van der Waals surface area contributed by atoms with Gasteiger partial charge < -0.3 is 14.8 Å². The Labute approximate surface area is 120 Å². The maximum absolute atomic E-state index is 5.43. The third-order valence-electron chi connectivity index (χ3n) is 3.33. The Morgan fingerprint density at radius 2 is 1.65 bits per heavy atom. The number of nitrogens with one attached hydrogen (secondary N) is 1. The molecule has 0 amide bonds. The van der Waals surface area contributed by atoms with Gasteiger partial charge in [-0.25, -0.2) is 0 Å². The summed E-state index contributed by atoms with van der Waals surface area (Å²) in [5, 5.41) is 3.47. The molecule has 0 fully saturated rings. The van der Waals surface area contributed by atoms with Crippen LogP contribution < -0.4 is 14.8 Å². The second-order valence-corrected chi connectivity index (χ2v) is 4.81. The van der Waals surface area contributed by atoms with Crippen molar-refractivity contribution in [2.24, 2.45) is 0 Å². The first-order chi connectivity index (χ1) is 9.65. The third-order valence-corrected chi connectivity index (χ3v) is 3.33. The van der Waals surface area contributed by atoms with Crippen molar-refractivity contribution in [1.29, 1.82) is 0 Å². The van der Waals surface area contributed by atoms with Crippen molar-refractivity contribution in [3.8, 4) is 11.5 Å². The van der Waals surface area contributed by atoms with Crippen molar-refractivity contribution in [1.82, 2.24) is 0 Å². The van der Waals surface area contributed by atoms with Crippen LogP contribution in [0.15, 0.2) is 42.5 Å². The second kappa shape index (κ2) is 6.33. The standard InChI is InChI=1S/C17H21NO2/c1-12-9-10-15(17(11-12)20-4)18-13(2)14-7-5-6-8-16(14)19-3/h5-11,13,18H,1-4H3. The molecule has 2 rings (SSSR count). The number of anilines is 1. The average Bonchev–Trinajstić information content (AvgIpc) is 2.48. The van der Waals surface area contributed by atoms with Crippen molar-refractivity contribution in [2.45, 2.75) is 19.9 Å². The molecule has 2 aromatic carbocycles. The van der Waals surface area contributed by atoms with Crippen LogP contribution in [0.2, 0.25) is 0 Å². The Bertz CT molecular complexity index is 581. The largest absolute Gasteiger partial charge is 0.496 e. The highest BCUT2D eigenvalue weighted by Gasteiger charge is 2.12. The van der Waals surface area contributed by atoms with Crippen LogP contribution in [0.5, 0.6) is 11.5 Å². The van der Waals surface area contributed by atoms with Gasteiger partial charge in [0.15, 0.2) is 0 Å². The van der Waals surface area contributed by atoms with Gasteiger partial charge in [0.2, 0.25) is 0 Å². The molecule has 0 radical (unpaired) electrons. The molecule has 0 aliphatic rings. The zero-order chi connectivity index (χ0) is 14.5. The average molecular weight is 271 g/mol. The molecule has 1 N–H and O–H groups in total. The lowest BCUT2D eigenvalue weighted by Crippen LogP contribution is -2.09. The maximum Gasteiger partial charge on any atom is 0.142 e. The van der Waals surface area contributed by atoms with E-state index in [2.05, 4.69) is 31.3 Å². The Balaban J connectivity index is 2.25. The monoisotopic (exact) mass is 271 g/mol. The molecular weight excluding hydrogens is 250 g/mol. The molecule has 20 heavy (non-hydrogen) atoms. The molecule has 0 bridgehead atoms. The number of rotatable bonds is 5. The van der Waals surface area contributed by atoms with Crippen LogP contribution in [0.4, 0.5) is 5.69 Å². The number of methoxy groups -OCH3 is 2. The Kier molecular flexibility index (Phi) is 4.51. The SMILES string of the molecule is COc1cc(C)ccc1NC(C)c1ccccc1OC. The van der Waals surface area contributed by atoms with Crippen LogP contribution in [-0.2, 0) is 0 Å². The van der Waals surface area contributed by atoms with Gasteiger partial charge in [-0.3, -0.25) is 0 Å². The van der Waals surface area contributed by atoms with Crippen LogP contribution in [0.25, 0.3) is 0 Å². The molecule has 0 aromatic heterocycles. The van der Waals surface area contributed by atoms with Gasteiger partial charge in [0.05, 0.1) is 25.9 Å². The number of ether oxygens (including phenoxy) is 2. The van der Waals surface area contributed by atoms with Crippen LogP contribution in [0, 0.1) is 6.92 Å². The normalized spacial score (nSPS) is 11.8. The zero-order valence-electron chi connectivity index (χ0n) is 12.4. The van der Waals surface area contributed by atoms with E-state index < -0.39 is 0 Å². The van der Waals surface area contributed by atoms with E-state index in [1.54, 1.807) is 14.2 Å². The van der Waals surface area contributed by atoms with E-state index in [4.69, 9.17) is 9.47 Å². The van der Waals surface area contributed by atoms with Gasteiger partial charge in [-0.15, -0.1) is 0 Å². The van der Waals surface area contributed by atoms with E-state index in [1.807, 2.05) is 30.3 Å². The van der Waals surface area contributed by atoms with Gasteiger partial charge in [-0.1, -0.05) is 24.3 Å². The highest BCUT2D eigenvalue weighted by molar-refractivity contribution is 5.59. The Hall–Kier alpha value is -2.16. The lowest BCUT2D eigenvalue weighted by molar-refractivity contribution is 0.407. The van der Waals surface area contributed by atoms with Crippen LogP contribution >= 0.6 is 0 Å². The lowest BCUT2D eigenvalue weighted by atomic mass is 10.1. The number of aryl methyl sites for hydroxylation is 1. The molecule has 0 spiro atoms. The molecular formula is C17H21NO2. The molecule has 0 aliphatic heterocycles. The van der Waals surface area contributed by atoms with Crippen molar-refractivity contribution < 1.29 is 9.47 Å². The molecule has 0 heterocycles. The van der Waals surface area contributed by atoms with Crippen molar-refractivity contribution in [2.75, 3.05) is 19.5 Å². The minimum absolute atomic E-state index is 0.128. The van der Waals surface area contributed by atoms with E-state index in [-0.39, 0.29) is 6.04 Å². The van der Waals surface area contributed by atoms with Gasteiger partial charge in [-0.2, -0.15) is 0 Å². The first-order valence-corrected chi connectivity index (χ1v) is 6.69. The molecule has 3 heteroatoms. The van der Waals surface area contributed by atoms with Gasteiger partial charge in [0.25, 0.3) is 0 Å². The third kappa shape index (κ3) is 3.05. The molecule has 0 saturated heterocycles. The van der Waals surface area contributed by atoms with E-state index in [9.17, 15) is 0 Å². The first-order valence-electron chi connectivity index (χ1n) is 6.69. The zero-order valence-corrected chi connectivity index (χ0v) is 12.4. The highest BCUT2D eigenvalue weighted by atomic mass is 16.5. The topological polar surface area (TPSA) is 30.5 Å². The van der Waals surface area contributed by atoms with Crippen molar-refractivity contribution in [3.05, 3.63) is 53.6 Å². The summed E-state index contributed by atoms with van der Waals surface area (Å²) in [5.41, 5.74) is 3.28. The fraction of sp³-hybridized carbons (Fsp3) is 0.294. The fourth-order valence-corrected chi connectivity index (χ4v) is 2.25. The molecule has 3 nitrogen and oxygen atoms in total. The molecule has 1 unspecified atom stereocenters. The lowest BCUT2D eigenvalue weighted by Gasteiger charge is -2.20. The smallest absolute Gasteiger partial charge is 0.142 e. The van der Waals surface area contributed by atoms with Gasteiger partial charge in [0, 0.05) is 5.56 Å². The number of para-hydroxylation sites is 1. The fourth-order valence-electron chi connectivity index (χ4n) is 2.25. The summed E-state index contributed by atoms with van der Waals surface area (Å²) in [6.07, 6.45) is 0. The molecule has 106 valence electrons. The van der Waals surface area contributed by atoms with Crippen LogP contribution in [0.3, 0.4) is 0 Å². The first kappa shape index (κ1) is 14.3. The summed E-state index contributed by atoms with van der Waals surface area (Å²) in [6, 6.07) is 14.3. The minimum atomic E-state index is 0.128. The quantitative estimate of drug-likeness (QED) is 0.884. The summed E-state index contributed by atoms with van der Waals surface area (Å²) in [4.78, 5) is 0. The van der Waals surface area contributed by atoms with E-state index in [1.165, 1.54) is 5.56 Å². The van der Waals surface area contributed by atoms with Crippen LogP contribution in [-0.4, -0.2) is 14.2 Å². The molecule has 0 aliphatic carbocycles. The van der Waals surface area contributed by atoms with Gasteiger partial charge in [0.1, 0.15) is 11.5 Å². The van der Waals surface area contributed by atoms with E-state index in [0.717, 1.165) is 22.7 Å². The number of hydrogen-bond donors (Lipinski definition) is 1. The summed E-state index contributed by atoms with van der Waals surface area (Å²) < 4.78 is 10.8. The second-order valence-electron chi connectivity index (χ2n) is 4.81. The molecule has 1 atom stereocenters. The summed E-state index contributed by atoms with van der Waals surface area (Å²) >= 11 is 0. The highest BCUT2D eigenvalue weighted by Crippen LogP contribution is 2.32. The van der Waals surface area contributed by atoms with Crippen molar-refractivity contribution >= 4 is 5.69 Å². The predicted octanol–water partition coefficient (Wildman–Crippen LogP) is 4.19. The van der Waals surface area contributed by atoms with Crippen LogP contribution in [0.1, 0.15) is 24.1 Å². The van der Waals surface area contributed by atoms with Gasteiger partial charge in [-0.05, 0) is 37.6 Å². The summed E-state index contributed by atoms with van der Waals surface area (Å²) in [5.74, 6) is 1.74. The summed E-state index contributed by atoms with van der Waals surface area (Å²) in [7, 11) is 3.38. The maximum atomic E-state index is 5.43. The van der Waals surface area contributed by atoms with Crippen molar-refractivity contribution in [3.63, 3.8) is 0 Å². The molecule has 2 aromatic rings. The van der Waals surface area contributed by atoms with Gasteiger partial charge >= 0.3 is 0 Å². The minimum Gasteiger partial charge on any atom is -0.496 e.